The van der Waals surface area contributed by atoms with Crippen LogP contribution >= 0.6 is 0 Å². The van der Waals surface area contributed by atoms with Crippen molar-refractivity contribution < 1.29 is 0 Å². The first kappa shape index (κ1) is 21.7. The second kappa shape index (κ2) is 8.15. The normalized spacial score (nSPS) is 12.0. The highest BCUT2D eigenvalue weighted by molar-refractivity contribution is 6.28. The van der Waals surface area contributed by atoms with E-state index in [0.717, 1.165) is 0 Å². The Hall–Kier alpha value is -5.20. The molecule has 0 spiro atoms. The molecular weight excluding hydrogens is 480 g/mol. The highest BCUT2D eigenvalue weighted by Gasteiger charge is 2.26. The Kier molecular flexibility index (Phi) is 4.42. The first-order valence-corrected chi connectivity index (χ1v) is 14.0. The van der Waals surface area contributed by atoms with Gasteiger partial charge in [-0.05, 0) is 106 Å². The van der Waals surface area contributed by atoms with Crippen LogP contribution in [0.1, 0.15) is 0 Å². The molecule has 0 aliphatic heterocycles. The van der Waals surface area contributed by atoms with Crippen LogP contribution in [0, 0.1) is 0 Å². The van der Waals surface area contributed by atoms with Gasteiger partial charge in [-0.3, -0.25) is 0 Å². The summed E-state index contributed by atoms with van der Waals surface area (Å²) in [4.78, 5) is 0. The monoisotopic (exact) mass is 504 g/mol. The highest BCUT2D eigenvalue weighted by atomic mass is 14.3. The third-order valence-corrected chi connectivity index (χ3v) is 8.75. The minimum Gasteiger partial charge on any atom is -0.0622 e. The van der Waals surface area contributed by atoms with Gasteiger partial charge in [0.15, 0.2) is 0 Å². The topological polar surface area (TPSA) is 0 Å². The van der Waals surface area contributed by atoms with E-state index in [2.05, 4.69) is 146 Å². The fourth-order valence-corrected chi connectivity index (χ4v) is 7.10. The van der Waals surface area contributed by atoms with Crippen molar-refractivity contribution in [2.45, 2.75) is 0 Å². The van der Waals surface area contributed by atoms with E-state index in [0.29, 0.717) is 0 Å². The van der Waals surface area contributed by atoms with E-state index in [9.17, 15) is 0 Å². The Morgan fingerprint density at radius 1 is 0.275 bits per heavy atom. The number of hydrogen-bond donors (Lipinski definition) is 0. The Morgan fingerprint density at radius 2 is 0.775 bits per heavy atom. The van der Waals surface area contributed by atoms with E-state index in [1.165, 1.54) is 87.6 Å². The summed E-state index contributed by atoms with van der Waals surface area (Å²) in [5, 5.41) is 10.5. The minimum absolute atomic E-state index is 1.25. The molecule has 0 saturated heterocycles. The lowest BCUT2D eigenvalue weighted by Crippen LogP contribution is -1.92. The molecule has 40 heavy (non-hydrogen) atoms. The molecule has 0 bridgehead atoms. The number of benzene rings is 8. The average Bonchev–Trinajstić information content (AvgIpc) is 3.33. The maximum absolute atomic E-state index is 2.48. The number of hydrogen-bond acceptors (Lipinski definition) is 0. The second-order valence-electron chi connectivity index (χ2n) is 10.8. The van der Waals surface area contributed by atoms with Gasteiger partial charge in [0.1, 0.15) is 0 Å². The van der Waals surface area contributed by atoms with Crippen molar-refractivity contribution in [2.75, 3.05) is 0 Å². The van der Waals surface area contributed by atoms with Gasteiger partial charge in [-0.15, -0.1) is 0 Å². The lowest BCUT2D eigenvalue weighted by Gasteiger charge is -2.19. The van der Waals surface area contributed by atoms with Crippen LogP contribution in [0.5, 0.6) is 0 Å². The van der Waals surface area contributed by atoms with E-state index in [1.54, 1.807) is 0 Å². The Labute approximate surface area is 232 Å². The molecule has 0 unspecified atom stereocenters. The van der Waals surface area contributed by atoms with E-state index in [1.807, 2.05) is 0 Å². The fourth-order valence-electron chi connectivity index (χ4n) is 7.10. The number of rotatable bonds is 2. The van der Waals surface area contributed by atoms with Gasteiger partial charge in [0, 0.05) is 0 Å². The molecule has 1 aliphatic rings. The quantitative estimate of drug-likeness (QED) is 0.162. The standard InChI is InChI=1S/C40H24/c1-3-12-25(13-4-1)38-30-18-9-10-19-31(30)39(26-14-5-2-6-15-26)37-24-34-33(23-36(37)38)32-21-11-20-29-28-17-8-7-16-27(28)22-35(34)40(29)32/h1-24H. The van der Waals surface area contributed by atoms with Gasteiger partial charge in [0.2, 0.25) is 0 Å². The molecule has 1 aliphatic carbocycles. The minimum atomic E-state index is 1.25. The van der Waals surface area contributed by atoms with Gasteiger partial charge in [-0.25, -0.2) is 0 Å². The van der Waals surface area contributed by atoms with Crippen molar-refractivity contribution in [3.05, 3.63) is 146 Å². The predicted octanol–water partition coefficient (Wildman–Crippen LogP) is 11.3. The molecule has 0 amide bonds. The van der Waals surface area contributed by atoms with E-state index in [-0.39, 0.29) is 0 Å². The van der Waals surface area contributed by atoms with Crippen LogP contribution in [-0.4, -0.2) is 0 Å². The van der Waals surface area contributed by atoms with Crippen LogP contribution in [-0.2, 0) is 0 Å². The number of fused-ring (bicyclic) bond motifs is 7. The molecule has 0 N–H and O–H groups in total. The zero-order valence-corrected chi connectivity index (χ0v) is 21.9. The van der Waals surface area contributed by atoms with Crippen LogP contribution in [0.2, 0.25) is 0 Å². The summed E-state index contributed by atoms with van der Waals surface area (Å²) < 4.78 is 0. The Balaban J connectivity index is 1.51. The Morgan fingerprint density at radius 3 is 1.40 bits per heavy atom. The summed E-state index contributed by atoms with van der Waals surface area (Å²) in [5.74, 6) is 0. The maximum atomic E-state index is 2.48. The van der Waals surface area contributed by atoms with Gasteiger partial charge in [0.25, 0.3) is 0 Å². The van der Waals surface area contributed by atoms with Gasteiger partial charge in [-0.2, -0.15) is 0 Å². The van der Waals surface area contributed by atoms with Gasteiger partial charge in [0.05, 0.1) is 0 Å². The molecule has 0 fully saturated rings. The van der Waals surface area contributed by atoms with Crippen molar-refractivity contribution in [3.63, 3.8) is 0 Å². The van der Waals surface area contributed by atoms with Gasteiger partial charge in [-0.1, -0.05) is 127 Å². The zero-order chi connectivity index (χ0) is 26.2. The molecule has 0 atom stereocenters. The van der Waals surface area contributed by atoms with E-state index >= 15 is 0 Å². The molecule has 8 aromatic rings. The summed E-state index contributed by atoms with van der Waals surface area (Å²) in [6.07, 6.45) is 0. The molecular formula is C40H24. The average molecular weight is 505 g/mol. The molecule has 0 heterocycles. The first-order valence-electron chi connectivity index (χ1n) is 14.0. The molecule has 0 aromatic heterocycles. The van der Waals surface area contributed by atoms with E-state index < -0.39 is 0 Å². The van der Waals surface area contributed by atoms with Crippen LogP contribution in [0.3, 0.4) is 0 Å². The summed E-state index contributed by atoms with van der Waals surface area (Å²) in [6.45, 7) is 0. The van der Waals surface area contributed by atoms with Gasteiger partial charge < -0.3 is 0 Å². The first-order chi connectivity index (χ1) is 19.9. The molecule has 0 radical (unpaired) electrons. The molecule has 0 heteroatoms. The predicted molar refractivity (Wildman–Crippen MR) is 172 cm³/mol. The van der Waals surface area contributed by atoms with Crippen LogP contribution < -0.4 is 0 Å². The van der Waals surface area contributed by atoms with Crippen molar-refractivity contribution in [3.8, 4) is 44.5 Å². The molecule has 184 valence electrons. The zero-order valence-electron chi connectivity index (χ0n) is 21.9. The van der Waals surface area contributed by atoms with Crippen molar-refractivity contribution in [2.24, 2.45) is 0 Å². The SMILES string of the molecule is c1ccc(-c2c3ccccc3c(-c3ccccc3)c3cc4c(cc23)-c2cccc3c2c-4cc2ccccc23)cc1. The summed E-state index contributed by atoms with van der Waals surface area (Å²) in [6, 6.07) is 53.7. The summed E-state index contributed by atoms with van der Waals surface area (Å²) in [5.41, 5.74) is 10.5. The lowest BCUT2D eigenvalue weighted by atomic mass is 9.84. The van der Waals surface area contributed by atoms with Crippen LogP contribution in [0.25, 0.3) is 87.6 Å². The largest absolute Gasteiger partial charge is 0.0622 e. The van der Waals surface area contributed by atoms with Crippen molar-refractivity contribution in [1.82, 2.24) is 0 Å². The highest BCUT2D eigenvalue weighted by Crippen LogP contribution is 2.53. The maximum Gasteiger partial charge on any atom is -0.00199 e. The third kappa shape index (κ3) is 2.91. The van der Waals surface area contributed by atoms with E-state index in [4.69, 9.17) is 0 Å². The van der Waals surface area contributed by atoms with Crippen molar-refractivity contribution >= 4 is 43.1 Å². The fraction of sp³-hybridized carbons (Fsp3) is 0. The second-order valence-corrected chi connectivity index (χ2v) is 10.8. The molecule has 9 rings (SSSR count). The smallest absolute Gasteiger partial charge is 0.00199 e. The summed E-state index contributed by atoms with van der Waals surface area (Å²) >= 11 is 0. The van der Waals surface area contributed by atoms with Crippen LogP contribution in [0.4, 0.5) is 0 Å². The van der Waals surface area contributed by atoms with Crippen molar-refractivity contribution in [1.29, 1.82) is 0 Å². The third-order valence-electron chi connectivity index (χ3n) is 8.75. The van der Waals surface area contributed by atoms with Gasteiger partial charge >= 0.3 is 0 Å². The molecule has 0 nitrogen and oxygen atoms in total. The Bertz CT molecular complexity index is 2290. The van der Waals surface area contributed by atoms with Crippen LogP contribution in [0.15, 0.2) is 146 Å². The lowest BCUT2D eigenvalue weighted by molar-refractivity contribution is 1.65. The molecule has 8 aromatic carbocycles. The summed E-state index contributed by atoms with van der Waals surface area (Å²) in [7, 11) is 0. The molecule has 0 saturated carbocycles.